The summed E-state index contributed by atoms with van der Waals surface area (Å²) in [6.07, 6.45) is 0.661. The maximum Gasteiger partial charge on any atom is 0.271 e. The number of hydrogen-bond donors (Lipinski definition) is 1. The molecule has 0 fully saturated rings. The van der Waals surface area contributed by atoms with E-state index in [4.69, 9.17) is 9.47 Å². The Hall–Kier alpha value is -2.83. The van der Waals surface area contributed by atoms with Gasteiger partial charge in [0.1, 0.15) is 5.69 Å². The van der Waals surface area contributed by atoms with E-state index in [0.29, 0.717) is 13.0 Å². The van der Waals surface area contributed by atoms with Crippen LogP contribution in [-0.4, -0.2) is 29.0 Å². The van der Waals surface area contributed by atoms with Crippen LogP contribution in [0.4, 0.5) is 0 Å². The van der Waals surface area contributed by atoms with Crippen LogP contribution in [-0.2, 0) is 13.5 Å². The molecule has 0 spiro atoms. The fourth-order valence-corrected chi connectivity index (χ4v) is 2.13. The fourth-order valence-electron chi connectivity index (χ4n) is 2.13. The van der Waals surface area contributed by atoms with E-state index in [1.807, 2.05) is 18.2 Å². The second kappa shape index (κ2) is 5.88. The van der Waals surface area contributed by atoms with Gasteiger partial charge in [0, 0.05) is 19.7 Å². The number of fused-ring (bicyclic) bond motifs is 1. The SMILES string of the molecule is Cn1nc(C(=O)NCCc2ccc3c(c2)OCO3)ccc1=O. The number of aromatic nitrogens is 2. The number of hydrogen-bond acceptors (Lipinski definition) is 5. The van der Waals surface area contributed by atoms with E-state index in [-0.39, 0.29) is 24.0 Å². The molecule has 0 aliphatic carbocycles. The number of carbonyl (C=O) groups excluding carboxylic acids is 1. The fraction of sp³-hybridized carbons (Fsp3) is 0.267. The Balaban J connectivity index is 1.57. The Morgan fingerprint density at radius 1 is 1.27 bits per heavy atom. The first kappa shape index (κ1) is 14.1. The van der Waals surface area contributed by atoms with Crippen molar-refractivity contribution in [3.8, 4) is 11.5 Å². The highest BCUT2D eigenvalue weighted by Gasteiger charge is 2.13. The van der Waals surface area contributed by atoms with Crippen LogP contribution in [0.15, 0.2) is 35.1 Å². The van der Waals surface area contributed by atoms with Crippen molar-refractivity contribution in [1.29, 1.82) is 0 Å². The number of carbonyl (C=O) groups is 1. The summed E-state index contributed by atoms with van der Waals surface area (Å²) < 4.78 is 11.7. The van der Waals surface area contributed by atoms with Gasteiger partial charge in [-0.2, -0.15) is 5.10 Å². The van der Waals surface area contributed by atoms with Crippen LogP contribution in [0.1, 0.15) is 16.1 Å². The van der Waals surface area contributed by atoms with Crippen molar-refractivity contribution in [2.75, 3.05) is 13.3 Å². The van der Waals surface area contributed by atoms with Gasteiger partial charge in [-0.05, 0) is 30.2 Å². The van der Waals surface area contributed by atoms with Gasteiger partial charge in [-0.3, -0.25) is 9.59 Å². The zero-order chi connectivity index (χ0) is 15.5. The van der Waals surface area contributed by atoms with E-state index in [0.717, 1.165) is 21.7 Å². The van der Waals surface area contributed by atoms with Crippen LogP contribution in [0.5, 0.6) is 11.5 Å². The van der Waals surface area contributed by atoms with Gasteiger partial charge >= 0.3 is 0 Å². The van der Waals surface area contributed by atoms with Gasteiger partial charge in [0.05, 0.1) is 0 Å². The predicted molar refractivity (Wildman–Crippen MR) is 78.1 cm³/mol. The van der Waals surface area contributed by atoms with E-state index < -0.39 is 0 Å². The van der Waals surface area contributed by atoms with Crippen LogP contribution < -0.4 is 20.3 Å². The summed E-state index contributed by atoms with van der Waals surface area (Å²) in [6.45, 7) is 0.705. The normalized spacial score (nSPS) is 12.2. The number of amides is 1. The van der Waals surface area contributed by atoms with Crippen molar-refractivity contribution < 1.29 is 14.3 Å². The van der Waals surface area contributed by atoms with Crippen molar-refractivity contribution in [2.24, 2.45) is 7.05 Å². The zero-order valence-electron chi connectivity index (χ0n) is 12.0. The lowest BCUT2D eigenvalue weighted by Gasteiger charge is -2.06. The Morgan fingerprint density at radius 3 is 2.91 bits per heavy atom. The summed E-state index contributed by atoms with van der Waals surface area (Å²) in [5.41, 5.74) is 1.00. The minimum Gasteiger partial charge on any atom is -0.454 e. The van der Waals surface area contributed by atoms with E-state index in [1.165, 1.54) is 19.2 Å². The average molecular weight is 301 g/mol. The number of rotatable bonds is 4. The molecule has 0 saturated carbocycles. The Bertz CT molecular complexity index is 770. The largest absolute Gasteiger partial charge is 0.454 e. The summed E-state index contributed by atoms with van der Waals surface area (Å²) >= 11 is 0. The van der Waals surface area contributed by atoms with Crippen LogP contribution in [0.2, 0.25) is 0 Å². The first-order chi connectivity index (χ1) is 10.6. The molecule has 7 nitrogen and oxygen atoms in total. The molecule has 1 aliphatic rings. The van der Waals surface area contributed by atoms with Crippen molar-refractivity contribution in [1.82, 2.24) is 15.1 Å². The number of aryl methyl sites for hydroxylation is 1. The molecule has 0 atom stereocenters. The molecular formula is C15H15N3O4. The third-order valence-corrected chi connectivity index (χ3v) is 3.33. The highest BCUT2D eigenvalue weighted by molar-refractivity contribution is 5.91. The van der Waals surface area contributed by atoms with Gasteiger partial charge in [0.15, 0.2) is 11.5 Å². The van der Waals surface area contributed by atoms with Crippen LogP contribution in [0.25, 0.3) is 0 Å². The maximum atomic E-state index is 12.0. The number of benzene rings is 1. The summed E-state index contributed by atoms with van der Waals surface area (Å²) in [6, 6.07) is 8.43. The maximum absolute atomic E-state index is 12.0. The smallest absolute Gasteiger partial charge is 0.271 e. The van der Waals surface area contributed by atoms with Crippen molar-refractivity contribution in [2.45, 2.75) is 6.42 Å². The van der Waals surface area contributed by atoms with E-state index in [1.54, 1.807) is 0 Å². The second-order valence-corrected chi connectivity index (χ2v) is 4.87. The molecule has 2 heterocycles. The molecule has 1 aliphatic heterocycles. The minimum absolute atomic E-state index is 0.216. The molecule has 1 aromatic heterocycles. The van der Waals surface area contributed by atoms with Gasteiger partial charge in [-0.15, -0.1) is 0 Å². The lowest BCUT2D eigenvalue weighted by Crippen LogP contribution is -2.29. The van der Waals surface area contributed by atoms with Crippen molar-refractivity contribution in [3.63, 3.8) is 0 Å². The van der Waals surface area contributed by atoms with Gasteiger partial charge in [-0.25, -0.2) is 4.68 Å². The van der Waals surface area contributed by atoms with Crippen LogP contribution in [0, 0.1) is 0 Å². The summed E-state index contributed by atoms with van der Waals surface area (Å²) in [5, 5.41) is 6.67. The standard InChI is InChI=1S/C15H15N3O4/c1-18-14(19)5-3-11(17-18)15(20)16-7-6-10-2-4-12-13(8-10)22-9-21-12/h2-5,8H,6-7,9H2,1H3,(H,16,20). The zero-order valence-corrected chi connectivity index (χ0v) is 12.0. The molecule has 1 aromatic carbocycles. The van der Waals surface area contributed by atoms with Gasteiger partial charge in [0.25, 0.3) is 11.5 Å². The topological polar surface area (TPSA) is 82.5 Å². The molecule has 114 valence electrons. The molecule has 0 unspecified atom stereocenters. The first-order valence-corrected chi connectivity index (χ1v) is 6.84. The highest BCUT2D eigenvalue weighted by Crippen LogP contribution is 2.32. The lowest BCUT2D eigenvalue weighted by atomic mass is 10.1. The van der Waals surface area contributed by atoms with Crippen molar-refractivity contribution >= 4 is 5.91 Å². The molecule has 1 N–H and O–H groups in total. The summed E-state index contributed by atoms with van der Waals surface area (Å²) in [4.78, 5) is 23.2. The molecular weight excluding hydrogens is 286 g/mol. The monoisotopic (exact) mass is 301 g/mol. The lowest BCUT2D eigenvalue weighted by molar-refractivity contribution is 0.0947. The number of ether oxygens (including phenoxy) is 2. The molecule has 0 bridgehead atoms. The minimum atomic E-state index is -0.309. The van der Waals surface area contributed by atoms with Gasteiger partial charge < -0.3 is 14.8 Å². The van der Waals surface area contributed by atoms with Gasteiger partial charge in [-0.1, -0.05) is 6.07 Å². The molecule has 2 aromatic rings. The highest BCUT2D eigenvalue weighted by atomic mass is 16.7. The summed E-state index contributed by atoms with van der Waals surface area (Å²) in [7, 11) is 1.51. The van der Waals surface area contributed by atoms with E-state index in [9.17, 15) is 9.59 Å². The van der Waals surface area contributed by atoms with Crippen LogP contribution >= 0.6 is 0 Å². The molecule has 7 heteroatoms. The van der Waals surface area contributed by atoms with E-state index in [2.05, 4.69) is 10.4 Å². The number of nitrogens with zero attached hydrogens (tertiary/aromatic N) is 2. The number of nitrogens with one attached hydrogen (secondary N) is 1. The van der Waals surface area contributed by atoms with E-state index >= 15 is 0 Å². The third kappa shape index (κ3) is 2.93. The summed E-state index contributed by atoms with van der Waals surface area (Å²) in [5.74, 6) is 1.15. The van der Waals surface area contributed by atoms with Crippen molar-refractivity contribution in [3.05, 3.63) is 51.9 Å². The molecule has 1 amide bonds. The second-order valence-electron chi connectivity index (χ2n) is 4.87. The van der Waals surface area contributed by atoms with Gasteiger partial charge in [0.2, 0.25) is 6.79 Å². The third-order valence-electron chi connectivity index (χ3n) is 3.33. The molecule has 0 radical (unpaired) electrons. The Labute approximate surface area is 126 Å². The quantitative estimate of drug-likeness (QED) is 0.888. The Kier molecular flexibility index (Phi) is 3.78. The molecule has 3 rings (SSSR count). The van der Waals surface area contributed by atoms with Crippen LogP contribution in [0.3, 0.4) is 0 Å². The average Bonchev–Trinajstić information content (AvgIpc) is 2.97. The Morgan fingerprint density at radius 2 is 2.09 bits per heavy atom. The molecule has 0 saturated heterocycles. The first-order valence-electron chi connectivity index (χ1n) is 6.84. The predicted octanol–water partition coefficient (Wildman–Crippen LogP) is 0.481. The molecule has 22 heavy (non-hydrogen) atoms.